The molecule has 1 aliphatic carbocycles. The Morgan fingerprint density at radius 3 is 2.62 bits per heavy atom. The fraction of sp³-hybridized carbons (Fsp3) is 0.400. The molecule has 24 heavy (non-hydrogen) atoms. The number of nitrogens with zero attached hydrogens (tertiary/aromatic N) is 1. The van der Waals surface area contributed by atoms with Crippen molar-refractivity contribution in [3.05, 3.63) is 70.5 Å². The Morgan fingerprint density at radius 2 is 1.83 bits per heavy atom. The summed E-state index contributed by atoms with van der Waals surface area (Å²) in [7, 11) is 4.22. The highest BCUT2D eigenvalue weighted by Gasteiger charge is 2.39. The fourth-order valence-electron chi connectivity index (χ4n) is 4.34. The van der Waals surface area contributed by atoms with Crippen LogP contribution in [0.4, 0.5) is 4.39 Å². The van der Waals surface area contributed by atoms with Crippen molar-refractivity contribution in [2.75, 3.05) is 20.6 Å². The van der Waals surface area contributed by atoms with Crippen LogP contribution in [0.15, 0.2) is 42.5 Å². The van der Waals surface area contributed by atoms with E-state index in [9.17, 15) is 4.39 Å². The van der Waals surface area contributed by atoms with Gasteiger partial charge >= 0.3 is 0 Å². The second kappa shape index (κ2) is 6.83. The van der Waals surface area contributed by atoms with Crippen LogP contribution in [0, 0.1) is 5.82 Å². The highest BCUT2D eigenvalue weighted by atomic mass is 35.5. The maximum Gasteiger partial charge on any atom is 0.123 e. The van der Waals surface area contributed by atoms with Crippen LogP contribution in [0.25, 0.3) is 0 Å². The first-order valence-electron chi connectivity index (χ1n) is 8.38. The number of hydrogen-bond acceptors (Lipinski definition) is 2. The Kier molecular flexibility index (Phi) is 4.95. The molecule has 0 spiro atoms. The molecular formula is C20H24ClFN2. The smallest absolute Gasteiger partial charge is 0.123 e. The van der Waals surface area contributed by atoms with E-state index in [-0.39, 0.29) is 24.3 Å². The Bertz CT molecular complexity index is 731. The molecule has 3 atom stereocenters. The van der Waals surface area contributed by atoms with Gasteiger partial charge in [-0.05, 0) is 61.3 Å². The number of fused-ring (bicyclic) bond motifs is 5. The van der Waals surface area contributed by atoms with E-state index in [0.29, 0.717) is 12.0 Å². The molecule has 0 aromatic heterocycles. The maximum atomic E-state index is 13.9. The van der Waals surface area contributed by atoms with Crippen LogP contribution in [0.1, 0.15) is 40.6 Å². The van der Waals surface area contributed by atoms with Crippen molar-refractivity contribution < 1.29 is 4.39 Å². The number of hydrogen-bond donors (Lipinski definition) is 1. The third kappa shape index (κ3) is 3.08. The molecule has 1 aliphatic heterocycles. The van der Waals surface area contributed by atoms with Crippen LogP contribution in [0.2, 0.25) is 0 Å². The Morgan fingerprint density at radius 1 is 1.08 bits per heavy atom. The molecular weight excluding hydrogens is 323 g/mol. The van der Waals surface area contributed by atoms with E-state index in [1.165, 1.54) is 16.7 Å². The van der Waals surface area contributed by atoms with E-state index in [0.717, 1.165) is 24.9 Å². The van der Waals surface area contributed by atoms with Gasteiger partial charge in [0.1, 0.15) is 5.82 Å². The van der Waals surface area contributed by atoms with Gasteiger partial charge < -0.3 is 10.2 Å². The predicted octanol–water partition coefficient (Wildman–Crippen LogP) is 3.90. The minimum absolute atomic E-state index is 0. The second-order valence-corrected chi connectivity index (χ2v) is 7.16. The largest absolute Gasteiger partial charge is 0.308 e. The van der Waals surface area contributed by atoms with E-state index in [2.05, 4.69) is 48.6 Å². The zero-order valence-corrected chi connectivity index (χ0v) is 14.9. The Hall–Kier alpha value is -1.42. The molecule has 0 radical (unpaired) electrons. The summed E-state index contributed by atoms with van der Waals surface area (Å²) in [6, 6.07) is 14.7. The highest BCUT2D eigenvalue weighted by Crippen LogP contribution is 2.45. The first-order chi connectivity index (χ1) is 11.1. The maximum absolute atomic E-state index is 13.9. The van der Waals surface area contributed by atoms with Gasteiger partial charge in [0.25, 0.3) is 0 Å². The Balaban J connectivity index is 0.00000169. The Labute approximate surface area is 149 Å². The standard InChI is InChI=1S/C20H23FN2.ClH/c1-23(2)12-16-11-19-17-6-4-3-5-13(17)9-14-7-8-15(21)10-18(14)20(19)22-16;/h3-8,10,16,19-20,22H,9,11-12H2,1-2H3;1H/t16-,19-,20-;/m1./s1. The van der Waals surface area contributed by atoms with Gasteiger partial charge in [-0.25, -0.2) is 4.39 Å². The lowest BCUT2D eigenvalue weighted by molar-refractivity contribution is 0.351. The van der Waals surface area contributed by atoms with Crippen molar-refractivity contribution in [3.8, 4) is 0 Å². The molecule has 1 N–H and O–H groups in total. The molecule has 0 saturated carbocycles. The zero-order chi connectivity index (χ0) is 16.0. The number of benzene rings is 2. The summed E-state index contributed by atoms with van der Waals surface area (Å²) in [5, 5.41) is 3.78. The quantitative estimate of drug-likeness (QED) is 0.887. The molecule has 1 heterocycles. The molecule has 128 valence electrons. The van der Waals surface area contributed by atoms with Gasteiger partial charge in [0.15, 0.2) is 0 Å². The third-order valence-corrected chi connectivity index (χ3v) is 5.22. The van der Waals surface area contributed by atoms with Crippen molar-refractivity contribution in [3.63, 3.8) is 0 Å². The first-order valence-corrected chi connectivity index (χ1v) is 8.38. The summed E-state index contributed by atoms with van der Waals surface area (Å²) >= 11 is 0. The lowest BCUT2D eigenvalue weighted by Gasteiger charge is -2.21. The van der Waals surface area contributed by atoms with Crippen LogP contribution < -0.4 is 5.32 Å². The molecule has 4 rings (SSSR count). The summed E-state index contributed by atoms with van der Waals surface area (Å²) in [5.74, 6) is 0.297. The van der Waals surface area contributed by atoms with Crippen LogP contribution in [0.3, 0.4) is 0 Å². The van der Waals surface area contributed by atoms with Crippen LogP contribution in [0.5, 0.6) is 0 Å². The van der Waals surface area contributed by atoms with Gasteiger partial charge in [-0.1, -0.05) is 30.3 Å². The number of nitrogens with one attached hydrogen (secondary N) is 1. The van der Waals surface area contributed by atoms with Gasteiger partial charge in [-0.15, -0.1) is 12.4 Å². The summed E-state index contributed by atoms with van der Waals surface area (Å²) in [6.45, 7) is 1.01. The molecule has 4 heteroatoms. The van der Waals surface area contributed by atoms with Crippen LogP contribution >= 0.6 is 12.4 Å². The predicted molar refractivity (Wildman–Crippen MR) is 98.5 cm³/mol. The molecule has 1 fully saturated rings. The highest BCUT2D eigenvalue weighted by molar-refractivity contribution is 5.85. The minimum Gasteiger partial charge on any atom is -0.308 e. The SMILES string of the molecule is CN(C)C[C@H]1C[C@@H]2c3ccccc3Cc3ccc(F)cc3[C@H]2N1.Cl. The lowest BCUT2D eigenvalue weighted by Crippen LogP contribution is -2.34. The van der Waals surface area contributed by atoms with Gasteiger partial charge in [-0.3, -0.25) is 0 Å². The van der Waals surface area contributed by atoms with E-state index in [1.54, 1.807) is 12.1 Å². The molecule has 0 unspecified atom stereocenters. The van der Waals surface area contributed by atoms with Crippen molar-refractivity contribution in [1.29, 1.82) is 0 Å². The summed E-state index contributed by atoms with van der Waals surface area (Å²) in [6.07, 6.45) is 2.01. The lowest BCUT2D eigenvalue weighted by atomic mass is 9.87. The van der Waals surface area contributed by atoms with Crippen molar-refractivity contribution in [1.82, 2.24) is 10.2 Å². The molecule has 2 aromatic carbocycles. The zero-order valence-electron chi connectivity index (χ0n) is 14.1. The third-order valence-electron chi connectivity index (χ3n) is 5.22. The minimum atomic E-state index is -0.133. The molecule has 2 aromatic rings. The van der Waals surface area contributed by atoms with Crippen molar-refractivity contribution >= 4 is 12.4 Å². The second-order valence-electron chi connectivity index (χ2n) is 7.16. The molecule has 1 saturated heterocycles. The van der Waals surface area contributed by atoms with E-state index in [4.69, 9.17) is 0 Å². The summed E-state index contributed by atoms with van der Waals surface area (Å²) < 4.78 is 13.9. The van der Waals surface area contributed by atoms with Crippen molar-refractivity contribution in [2.45, 2.75) is 30.8 Å². The normalized spacial score (nSPS) is 24.6. The fourth-order valence-corrected chi connectivity index (χ4v) is 4.34. The average molecular weight is 347 g/mol. The first kappa shape index (κ1) is 17.4. The van der Waals surface area contributed by atoms with Crippen LogP contribution in [-0.2, 0) is 6.42 Å². The van der Waals surface area contributed by atoms with E-state index >= 15 is 0 Å². The van der Waals surface area contributed by atoms with Gasteiger partial charge in [0, 0.05) is 24.5 Å². The molecule has 2 nitrogen and oxygen atoms in total. The van der Waals surface area contributed by atoms with Gasteiger partial charge in [-0.2, -0.15) is 0 Å². The topological polar surface area (TPSA) is 15.3 Å². The number of rotatable bonds is 2. The van der Waals surface area contributed by atoms with E-state index in [1.807, 2.05) is 6.07 Å². The van der Waals surface area contributed by atoms with Gasteiger partial charge in [0.05, 0.1) is 0 Å². The average Bonchev–Trinajstić information content (AvgIpc) is 2.87. The summed E-state index contributed by atoms with van der Waals surface area (Å²) in [4.78, 5) is 2.22. The number of halogens is 2. The molecule has 0 bridgehead atoms. The molecule has 0 amide bonds. The van der Waals surface area contributed by atoms with Gasteiger partial charge in [0.2, 0.25) is 0 Å². The van der Waals surface area contributed by atoms with E-state index < -0.39 is 0 Å². The monoisotopic (exact) mass is 346 g/mol. The molecule has 2 aliphatic rings. The summed E-state index contributed by atoms with van der Waals surface area (Å²) in [5.41, 5.74) is 5.22. The van der Waals surface area contributed by atoms with Crippen LogP contribution in [-0.4, -0.2) is 31.6 Å². The number of likely N-dealkylation sites (N-methyl/N-ethyl adjacent to an activating group) is 1. The van der Waals surface area contributed by atoms with Crippen molar-refractivity contribution in [2.24, 2.45) is 0 Å².